The molecule has 3 aromatic carbocycles. The lowest BCUT2D eigenvalue weighted by molar-refractivity contribution is -0.138. The maximum atomic E-state index is 14.0. The second-order valence-electron chi connectivity index (χ2n) is 8.79. The van der Waals surface area contributed by atoms with Gasteiger partial charge in [0.1, 0.15) is 11.8 Å². The Morgan fingerprint density at radius 2 is 1.85 bits per heavy atom. The molecular formula is C30H24N2O6S. The van der Waals surface area contributed by atoms with Crippen molar-refractivity contribution in [3.63, 3.8) is 0 Å². The summed E-state index contributed by atoms with van der Waals surface area (Å²) in [6.07, 6.45) is 1.79. The fourth-order valence-corrected chi connectivity index (χ4v) is 5.78. The van der Waals surface area contributed by atoms with Crippen molar-refractivity contribution in [1.29, 1.82) is 0 Å². The Bertz CT molecular complexity index is 1790. The summed E-state index contributed by atoms with van der Waals surface area (Å²) >= 11 is 1.26. The third kappa shape index (κ3) is 4.40. The van der Waals surface area contributed by atoms with Crippen molar-refractivity contribution in [1.82, 2.24) is 4.57 Å². The molecule has 0 N–H and O–H groups in total. The second-order valence-corrected chi connectivity index (χ2v) is 9.80. The molecule has 0 spiro atoms. The van der Waals surface area contributed by atoms with Gasteiger partial charge in [0.15, 0.2) is 16.3 Å². The van der Waals surface area contributed by atoms with Crippen LogP contribution in [0.3, 0.4) is 0 Å². The molecule has 39 heavy (non-hydrogen) atoms. The van der Waals surface area contributed by atoms with Gasteiger partial charge in [-0.15, -0.1) is 0 Å². The van der Waals surface area contributed by atoms with Crippen LogP contribution in [0.5, 0.6) is 17.2 Å². The van der Waals surface area contributed by atoms with E-state index in [0.29, 0.717) is 37.8 Å². The number of fused-ring (bicyclic) bond motifs is 2. The predicted octanol–water partition coefficient (Wildman–Crippen LogP) is 3.67. The third-order valence-electron chi connectivity index (χ3n) is 6.50. The van der Waals surface area contributed by atoms with Crippen LogP contribution in [-0.4, -0.2) is 31.0 Å². The van der Waals surface area contributed by atoms with Crippen LogP contribution in [0.15, 0.2) is 88.2 Å². The lowest BCUT2D eigenvalue weighted by atomic mass is 9.92. The number of esters is 1. The van der Waals surface area contributed by atoms with Crippen LogP contribution in [-0.2, 0) is 9.53 Å². The van der Waals surface area contributed by atoms with Gasteiger partial charge < -0.3 is 18.9 Å². The molecule has 9 heteroatoms. The Hall–Kier alpha value is -4.63. The number of ether oxygens (including phenoxy) is 4. The van der Waals surface area contributed by atoms with Crippen LogP contribution in [0.2, 0.25) is 0 Å². The minimum atomic E-state index is -0.814. The molecule has 6 rings (SSSR count). The zero-order valence-electron chi connectivity index (χ0n) is 21.2. The number of carbonyl (C=O) groups excluding carboxylic acids is 1. The van der Waals surface area contributed by atoms with Crippen molar-refractivity contribution in [2.75, 3.05) is 20.5 Å². The molecule has 0 aliphatic carbocycles. The van der Waals surface area contributed by atoms with Crippen molar-refractivity contribution in [3.05, 3.63) is 115 Å². The van der Waals surface area contributed by atoms with E-state index >= 15 is 0 Å². The average molecular weight is 541 g/mol. The molecular weight excluding hydrogens is 516 g/mol. The summed E-state index contributed by atoms with van der Waals surface area (Å²) in [7, 11) is 1.56. The maximum Gasteiger partial charge on any atom is 0.338 e. The highest BCUT2D eigenvalue weighted by Gasteiger charge is 2.36. The summed E-state index contributed by atoms with van der Waals surface area (Å²) in [4.78, 5) is 32.9. The molecule has 4 aromatic rings. The van der Waals surface area contributed by atoms with E-state index in [1.165, 1.54) is 11.3 Å². The van der Waals surface area contributed by atoms with Crippen LogP contribution in [0.25, 0.3) is 11.8 Å². The van der Waals surface area contributed by atoms with Crippen molar-refractivity contribution < 1.29 is 23.7 Å². The first-order chi connectivity index (χ1) is 19.1. The fourth-order valence-electron chi connectivity index (χ4n) is 4.78. The van der Waals surface area contributed by atoms with Crippen molar-refractivity contribution in [2.45, 2.75) is 13.0 Å². The minimum Gasteiger partial charge on any atom is -0.496 e. The molecule has 0 fully saturated rings. The highest BCUT2D eigenvalue weighted by Crippen LogP contribution is 2.38. The zero-order valence-corrected chi connectivity index (χ0v) is 22.1. The van der Waals surface area contributed by atoms with Crippen molar-refractivity contribution in [3.8, 4) is 17.2 Å². The van der Waals surface area contributed by atoms with Gasteiger partial charge in [0.25, 0.3) is 5.56 Å². The first-order valence-electron chi connectivity index (χ1n) is 12.4. The van der Waals surface area contributed by atoms with Gasteiger partial charge in [0.2, 0.25) is 6.79 Å². The molecule has 2 aliphatic rings. The summed E-state index contributed by atoms with van der Waals surface area (Å²) < 4.78 is 24.1. The van der Waals surface area contributed by atoms with Gasteiger partial charge in [-0.1, -0.05) is 65.9 Å². The number of hydrogen-bond acceptors (Lipinski definition) is 8. The van der Waals surface area contributed by atoms with E-state index in [0.717, 1.165) is 11.1 Å². The normalized spacial score (nSPS) is 16.1. The number of aromatic nitrogens is 1. The van der Waals surface area contributed by atoms with E-state index in [-0.39, 0.29) is 24.5 Å². The number of methoxy groups -OCH3 is 1. The van der Waals surface area contributed by atoms with E-state index < -0.39 is 12.0 Å². The van der Waals surface area contributed by atoms with E-state index in [9.17, 15) is 9.59 Å². The summed E-state index contributed by atoms with van der Waals surface area (Å²) in [5.74, 6) is 1.29. The molecule has 0 saturated carbocycles. The van der Waals surface area contributed by atoms with Crippen LogP contribution in [0.1, 0.15) is 29.7 Å². The highest BCUT2D eigenvalue weighted by molar-refractivity contribution is 7.07. The molecule has 196 valence electrons. The summed E-state index contributed by atoms with van der Waals surface area (Å²) in [5, 5.41) is 0. The molecule has 1 aromatic heterocycles. The summed E-state index contributed by atoms with van der Waals surface area (Å²) in [6, 6.07) is 21.5. The maximum absolute atomic E-state index is 14.0. The van der Waals surface area contributed by atoms with Crippen LogP contribution in [0, 0.1) is 0 Å². The fraction of sp³-hybridized carbons (Fsp3) is 0.167. The van der Waals surface area contributed by atoms with Gasteiger partial charge in [-0.3, -0.25) is 9.36 Å². The van der Waals surface area contributed by atoms with Gasteiger partial charge >= 0.3 is 5.97 Å². The smallest absolute Gasteiger partial charge is 0.338 e. The van der Waals surface area contributed by atoms with Gasteiger partial charge in [0.05, 0.1) is 29.5 Å². The van der Waals surface area contributed by atoms with Crippen molar-refractivity contribution >= 4 is 29.1 Å². The standard InChI is InChI=1S/C30H24N2O6S/c1-3-36-29(34)25-26(19-9-5-4-6-10-19)31-30-32(27(25)20-11-7-8-12-21(20)35-2)28(33)24(39-30)16-18-13-14-22-23(15-18)38-17-37-22/h4-16,27H,3,17H2,1-2H3/t27-/m1/s1. The molecule has 0 bridgehead atoms. The predicted molar refractivity (Wildman–Crippen MR) is 147 cm³/mol. The largest absolute Gasteiger partial charge is 0.496 e. The van der Waals surface area contributed by atoms with Gasteiger partial charge in [-0.05, 0) is 36.8 Å². The van der Waals surface area contributed by atoms with Gasteiger partial charge in [0, 0.05) is 11.1 Å². The summed E-state index contributed by atoms with van der Waals surface area (Å²) in [5.41, 5.74) is 2.64. The topological polar surface area (TPSA) is 88.4 Å². The zero-order chi connectivity index (χ0) is 26.9. The third-order valence-corrected chi connectivity index (χ3v) is 7.48. The molecule has 0 unspecified atom stereocenters. The number of benzene rings is 3. The first-order valence-corrected chi connectivity index (χ1v) is 13.2. The molecule has 0 amide bonds. The van der Waals surface area contributed by atoms with E-state index in [4.69, 9.17) is 23.9 Å². The summed E-state index contributed by atoms with van der Waals surface area (Å²) in [6.45, 7) is 2.09. The van der Waals surface area contributed by atoms with Crippen LogP contribution in [0.4, 0.5) is 0 Å². The molecule has 0 saturated heterocycles. The lowest BCUT2D eigenvalue weighted by Crippen LogP contribution is -2.40. The van der Waals surface area contributed by atoms with Gasteiger partial charge in [-0.25, -0.2) is 9.79 Å². The Balaban J connectivity index is 1.64. The highest BCUT2D eigenvalue weighted by atomic mass is 32.1. The molecule has 8 nitrogen and oxygen atoms in total. The lowest BCUT2D eigenvalue weighted by Gasteiger charge is -2.27. The molecule has 3 heterocycles. The number of rotatable bonds is 6. The van der Waals surface area contributed by atoms with Crippen molar-refractivity contribution in [2.24, 2.45) is 4.99 Å². The number of para-hydroxylation sites is 1. The Labute approximate surface area is 227 Å². The molecule has 0 radical (unpaired) electrons. The SMILES string of the molecule is CCOC(=O)C1=C(c2ccccc2)N=c2sc(=Cc3ccc4c(c3)OCO4)c(=O)n2[C@@H]1c1ccccc1OC. The van der Waals surface area contributed by atoms with Gasteiger partial charge in [-0.2, -0.15) is 0 Å². The Kier molecular flexibility index (Phi) is 6.50. The number of thiazole rings is 1. The minimum absolute atomic E-state index is 0.165. The van der Waals surface area contributed by atoms with Crippen LogP contribution >= 0.6 is 11.3 Å². The number of carbonyl (C=O) groups is 1. The van der Waals surface area contributed by atoms with E-state index in [1.54, 1.807) is 24.7 Å². The Morgan fingerprint density at radius 1 is 1.08 bits per heavy atom. The van der Waals surface area contributed by atoms with E-state index in [2.05, 4.69) is 0 Å². The second kappa shape index (κ2) is 10.3. The number of hydrogen-bond donors (Lipinski definition) is 0. The Morgan fingerprint density at radius 3 is 2.64 bits per heavy atom. The first kappa shape index (κ1) is 24.7. The monoisotopic (exact) mass is 540 g/mol. The molecule has 2 aliphatic heterocycles. The van der Waals surface area contributed by atoms with E-state index in [1.807, 2.05) is 72.8 Å². The quantitative estimate of drug-likeness (QED) is 0.347. The number of nitrogens with zero attached hydrogens (tertiary/aromatic N) is 2. The average Bonchev–Trinajstić information content (AvgIpc) is 3.56. The van der Waals surface area contributed by atoms with Crippen LogP contribution < -0.4 is 29.1 Å². The molecule has 1 atom stereocenters.